The van der Waals surface area contributed by atoms with Gasteiger partial charge in [-0.3, -0.25) is 14.5 Å². The van der Waals surface area contributed by atoms with Crippen LogP contribution >= 0.6 is 0 Å². The van der Waals surface area contributed by atoms with Crippen LogP contribution in [0.25, 0.3) is 0 Å². The molecule has 1 aromatic heterocycles. The topological polar surface area (TPSA) is 119 Å². The van der Waals surface area contributed by atoms with Gasteiger partial charge in [-0.1, -0.05) is 45.0 Å². The number of rotatable bonds is 6. The fourth-order valence-corrected chi connectivity index (χ4v) is 5.12. The molecule has 2 aliphatic heterocycles. The Kier molecular flexibility index (Phi) is 9.62. The zero-order valence-electron chi connectivity index (χ0n) is 25.5. The molecule has 1 N–H and O–H groups in total. The van der Waals surface area contributed by atoms with Crippen LogP contribution < -0.4 is 14.8 Å². The minimum Gasteiger partial charge on any atom is -0.493 e. The molecule has 0 radical (unpaired) electrons. The molecule has 11 nitrogen and oxygen atoms in total. The van der Waals surface area contributed by atoms with E-state index in [1.807, 2.05) is 38.1 Å². The van der Waals surface area contributed by atoms with Gasteiger partial charge < -0.3 is 29.0 Å². The number of amides is 2. The molecule has 0 spiro atoms. The fraction of sp³-hybridized carbons (Fsp3) is 0.500. The van der Waals surface area contributed by atoms with Gasteiger partial charge in [0.25, 0.3) is 5.91 Å². The third-order valence-corrected chi connectivity index (χ3v) is 7.37. The molecule has 4 bridgehead atoms. The van der Waals surface area contributed by atoms with Crippen molar-refractivity contribution >= 4 is 11.8 Å². The van der Waals surface area contributed by atoms with E-state index in [1.54, 1.807) is 25.2 Å². The quantitative estimate of drug-likeness (QED) is 0.445. The van der Waals surface area contributed by atoms with Crippen molar-refractivity contribution in [3.05, 3.63) is 65.3 Å². The van der Waals surface area contributed by atoms with Crippen LogP contribution in [-0.2, 0) is 22.7 Å². The summed E-state index contributed by atoms with van der Waals surface area (Å²) >= 11 is 0. The van der Waals surface area contributed by atoms with Crippen LogP contribution in [0.1, 0.15) is 67.7 Å². The number of ether oxygens (including phenoxy) is 3. The van der Waals surface area contributed by atoms with Crippen molar-refractivity contribution in [1.29, 1.82) is 0 Å². The average molecular weight is 592 g/mol. The molecule has 1 fully saturated rings. The van der Waals surface area contributed by atoms with Crippen molar-refractivity contribution in [2.75, 3.05) is 33.3 Å². The third-order valence-electron chi connectivity index (χ3n) is 7.37. The van der Waals surface area contributed by atoms with Gasteiger partial charge in [-0.15, -0.1) is 0 Å². The number of aromatic nitrogens is 2. The number of nitrogens with zero attached hydrogens (tertiary/aromatic N) is 4. The SMILES string of the molecule is CC(C)COc1cc2cc(c1)C(=O)N(C)CC(=O)N[C@H]1CCN(Cc3noc(C(C)C)n3)C[C@@H]1OCc1cccc(c1)O2. The number of hydrogen-bond acceptors (Lipinski definition) is 9. The first-order chi connectivity index (χ1) is 20.6. The second kappa shape index (κ2) is 13.6. The van der Waals surface area contributed by atoms with Crippen molar-refractivity contribution in [1.82, 2.24) is 25.3 Å². The molecule has 1 saturated heterocycles. The Balaban J connectivity index is 1.38. The summed E-state index contributed by atoms with van der Waals surface area (Å²) in [5.41, 5.74) is 1.31. The molecule has 43 heavy (non-hydrogen) atoms. The summed E-state index contributed by atoms with van der Waals surface area (Å²) in [5.74, 6) is 2.78. The Morgan fingerprint density at radius 3 is 2.70 bits per heavy atom. The number of hydrogen-bond donors (Lipinski definition) is 1. The van der Waals surface area contributed by atoms with Crippen LogP contribution in [0.4, 0.5) is 0 Å². The fourth-order valence-electron chi connectivity index (χ4n) is 5.12. The van der Waals surface area contributed by atoms with Crippen molar-refractivity contribution in [2.45, 2.75) is 65.3 Å². The van der Waals surface area contributed by atoms with E-state index in [9.17, 15) is 9.59 Å². The number of likely N-dealkylation sites (N-methyl/N-ethyl adjacent to an activating group) is 1. The smallest absolute Gasteiger partial charge is 0.254 e. The summed E-state index contributed by atoms with van der Waals surface area (Å²) < 4.78 is 24.0. The van der Waals surface area contributed by atoms with E-state index in [-0.39, 0.29) is 36.4 Å². The van der Waals surface area contributed by atoms with Gasteiger partial charge >= 0.3 is 0 Å². The number of piperidine rings is 1. The summed E-state index contributed by atoms with van der Waals surface area (Å²) in [5, 5.41) is 7.26. The number of carbonyl (C=O) groups excluding carboxylic acids is 2. The largest absolute Gasteiger partial charge is 0.493 e. The number of nitrogens with one attached hydrogen (secondary N) is 1. The van der Waals surface area contributed by atoms with Gasteiger partial charge in [-0.2, -0.15) is 4.98 Å². The van der Waals surface area contributed by atoms with Crippen LogP contribution in [-0.4, -0.2) is 77.2 Å². The molecule has 2 atom stereocenters. The maximum Gasteiger partial charge on any atom is 0.254 e. The molecule has 0 unspecified atom stereocenters. The molecule has 3 aromatic rings. The van der Waals surface area contributed by atoms with Gasteiger partial charge in [0.1, 0.15) is 17.2 Å². The van der Waals surface area contributed by atoms with E-state index in [1.165, 1.54) is 4.90 Å². The van der Waals surface area contributed by atoms with Crippen LogP contribution in [0.15, 0.2) is 47.0 Å². The van der Waals surface area contributed by atoms with Crippen LogP contribution in [0.3, 0.4) is 0 Å². The summed E-state index contributed by atoms with van der Waals surface area (Å²) in [6.45, 7) is 10.7. The van der Waals surface area contributed by atoms with Crippen LogP contribution in [0.2, 0.25) is 0 Å². The number of likely N-dealkylation sites (tertiary alicyclic amines) is 1. The van der Waals surface area contributed by atoms with E-state index < -0.39 is 0 Å². The molecule has 0 saturated carbocycles. The van der Waals surface area contributed by atoms with Crippen molar-refractivity contribution < 1.29 is 28.3 Å². The molecule has 230 valence electrons. The zero-order chi connectivity index (χ0) is 30.5. The predicted octanol–water partition coefficient (Wildman–Crippen LogP) is 4.38. The predicted molar refractivity (Wildman–Crippen MR) is 159 cm³/mol. The first-order valence-electron chi connectivity index (χ1n) is 14.9. The first kappa shape index (κ1) is 30.5. The van der Waals surface area contributed by atoms with Gasteiger partial charge in [0.2, 0.25) is 11.8 Å². The van der Waals surface area contributed by atoms with Crippen LogP contribution in [0.5, 0.6) is 17.2 Å². The third kappa shape index (κ3) is 8.11. The van der Waals surface area contributed by atoms with Crippen LogP contribution in [0, 0.1) is 5.92 Å². The highest BCUT2D eigenvalue weighted by molar-refractivity contribution is 5.97. The Morgan fingerprint density at radius 2 is 1.93 bits per heavy atom. The van der Waals surface area contributed by atoms with Gasteiger partial charge in [0.15, 0.2) is 5.82 Å². The second-order valence-corrected chi connectivity index (χ2v) is 12.1. The average Bonchev–Trinajstić information content (AvgIpc) is 3.44. The minimum atomic E-state index is -0.306. The lowest BCUT2D eigenvalue weighted by Crippen LogP contribution is -2.56. The molecule has 11 heteroatoms. The Morgan fingerprint density at radius 1 is 1.09 bits per heavy atom. The summed E-state index contributed by atoms with van der Waals surface area (Å²) in [6.07, 6.45) is 0.381. The normalized spacial score (nSPS) is 20.1. The Bertz CT molecular complexity index is 1420. The van der Waals surface area contributed by atoms with Gasteiger partial charge in [-0.05, 0) is 42.2 Å². The summed E-state index contributed by atoms with van der Waals surface area (Å²) in [4.78, 5) is 34.8. The molecule has 0 aliphatic carbocycles. The van der Waals surface area contributed by atoms with Gasteiger partial charge in [-0.25, -0.2) is 0 Å². The monoisotopic (exact) mass is 591 g/mol. The molecule has 5 rings (SSSR count). The van der Waals surface area contributed by atoms with E-state index in [0.717, 1.165) is 12.1 Å². The highest BCUT2D eigenvalue weighted by Crippen LogP contribution is 2.30. The maximum absolute atomic E-state index is 13.4. The first-order valence-corrected chi connectivity index (χ1v) is 14.9. The highest BCUT2D eigenvalue weighted by atomic mass is 16.5. The lowest BCUT2D eigenvalue weighted by Gasteiger charge is -2.38. The van der Waals surface area contributed by atoms with Crippen molar-refractivity contribution in [3.63, 3.8) is 0 Å². The number of benzene rings is 2. The summed E-state index contributed by atoms with van der Waals surface area (Å²) in [7, 11) is 1.61. The van der Waals surface area contributed by atoms with E-state index in [2.05, 4.69) is 34.2 Å². The molecule has 2 aliphatic rings. The van der Waals surface area contributed by atoms with E-state index in [4.69, 9.17) is 18.7 Å². The van der Waals surface area contributed by atoms with Crippen molar-refractivity contribution in [3.8, 4) is 17.2 Å². The maximum atomic E-state index is 13.4. The highest BCUT2D eigenvalue weighted by Gasteiger charge is 2.32. The van der Waals surface area contributed by atoms with E-state index in [0.29, 0.717) is 73.2 Å². The molecular weight excluding hydrogens is 550 g/mol. The Hall–Kier alpha value is -3.96. The van der Waals surface area contributed by atoms with Crippen molar-refractivity contribution in [2.24, 2.45) is 5.92 Å². The lowest BCUT2D eigenvalue weighted by molar-refractivity contribution is -0.125. The molecular formula is C32H41N5O6. The lowest BCUT2D eigenvalue weighted by atomic mass is 10.0. The second-order valence-electron chi connectivity index (χ2n) is 12.1. The molecule has 2 aromatic carbocycles. The van der Waals surface area contributed by atoms with Gasteiger partial charge in [0, 0.05) is 37.7 Å². The number of carbonyl (C=O) groups is 2. The summed E-state index contributed by atoms with van der Waals surface area (Å²) in [6, 6.07) is 12.6. The zero-order valence-corrected chi connectivity index (χ0v) is 25.5. The minimum absolute atomic E-state index is 0.0983. The molecule has 3 heterocycles. The van der Waals surface area contributed by atoms with E-state index >= 15 is 0 Å². The number of fused-ring (bicyclic) bond motifs is 5. The van der Waals surface area contributed by atoms with Gasteiger partial charge in [0.05, 0.1) is 38.4 Å². The molecule has 2 amide bonds. The standard InChI is InChI=1S/C32H41N5O6/c1-20(2)18-40-25-12-23-13-26(14-25)42-24-8-6-7-22(11-24)19-41-28-15-37(16-29-34-31(21(3)4)43-35-29)10-9-27(28)33-30(38)17-36(5)32(23)39/h6-8,11-14,20-21,27-28H,9-10,15-19H2,1-5H3,(H,33,38)/t27-,28-/m0/s1. The Labute approximate surface area is 252 Å².